The number of amides is 2. The molecule has 0 bridgehead atoms. The molecule has 2 amide bonds. The molecule has 1 N–H and O–H groups in total. The average molecular weight is 378 g/mol. The van der Waals surface area contributed by atoms with Crippen LogP contribution in [-0.4, -0.2) is 82.7 Å². The third-order valence-corrected chi connectivity index (χ3v) is 4.12. The van der Waals surface area contributed by atoms with Crippen LogP contribution in [0.25, 0.3) is 0 Å². The second-order valence-electron chi connectivity index (χ2n) is 6.04. The Morgan fingerprint density at radius 1 is 1.31 bits per heavy atom. The zero-order valence-electron chi connectivity index (χ0n) is 14.8. The summed E-state index contributed by atoms with van der Waals surface area (Å²) in [6.07, 6.45) is -2.11. The van der Waals surface area contributed by atoms with E-state index >= 15 is 0 Å². The molecule has 1 fully saturated rings. The Balaban J connectivity index is 1.59. The van der Waals surface area contributed by atoms with E-state index in [4.69, 9.17) is 0 Å². The van der Waals surface area contributed by atoms with Gasteiger partial charge in [0.1, 0.15) is 12.9 Å². The van der Waals surface area contributed by atoms with Crippen molar-refractivity contribution in [2.75, 3.05) is 45.9 Å². The number of alkyl halides is 3. The fraction of sp³-hybridized carbons (Fsp3) is 0.800. The van der Waals surface area contributed by atoms with E-state index in [9.17, 15) is 18.0 Å². The first kappa shape index (κ1) is 20.4. The Hall–Kier alpha value is -1.88. The number of urea groups is 1. The number of aryl methyl sites for hydroxylation is 1. The minimum Gasteiger partial charge on any atom is -0.372 e. The topological polar surface area (TPSA) is 75.5 Å². The van der Waals surface area contributed by atoms with E-state index in [1.165, 1.54) is 0 Å². The molecule has 2 rings (SSSR count). The number of halogens is 3. The number of hydrogen-bond donors (Lipinski definition) is 1. The molecule has 148 valence electrons. The van der Waals surface area contributed by atoms with E-state index in [1.54, 1.807) is 11.2 Å². The number of nitrogens with zero attached hydrogens (tertiary/aromatic N) is 5. The summed E-state index contributed by atoms with van der Waals surface area (Å²) in [5.74, 6) is 0.707. The summed E-state index contributed by atoms with van der Waals surface area (Å²) in [5.41, 5.74) is 0. The molecule has 1 aromatic rings. The molecule has 0 saturated carbocycles. The molecular formula is C15H25F3N6O2. The number of rotatable bonds is 8. The lowest BCUT2D eigenvalue weighted by atomic mass is 10.3. The molecule has 0 aromatic carbocycles. The number of aromatic nitrogens is 3. The molecule has 1 aromatic heterocycles. The Bertz CT molecular complexity index is 558. The molecule has 26 heavy (non-hydrogen) atoms. The van der Waals surface area contributed by atoms with E-state index in [1.807, 2.05) is 11.5 Å². The second-order valence-corrected chi connectivity index (χ2v) is 6.04. The fourth-order valence-corrected chi connectivity index (χ4v) is 2.70. The van der Waals surface area contributed by atoms with Gasteiger partial charge in [-0.25, -0.2) is 4.79 Å². The molecule has 0 unspecified atom stereocenters. The minimum atomic E-state index is -4.27. The van der Waals surface area contributed by atoms with Gasteiger partial charge in [-0.15, -0.1) is 10.2 Å². The minimum absolute atomic E-state index is 0.0817. The number of carbonyl (C=O) groups is 1. The zero-order chi connectivity index (χ0) is 19.0. The van der Waals surface area contributed by atoms with Gasteiger partial charge in [0.25, 0.3) is 0 Å². The lowest BCUT2D eigenvalue weighted by Gasteiger charge is -2.34. The molecule has 2 heterocycles. The molecule has 0 spiro atoms. The maximum Gasteiger partial charge on any atom is 0.411 e. The van der Waals surface area contributed by atoms with Gasteiger partial charge in [-0.2, -0.15) is 13.2 Å². The predicted octanol–water partition coefficient (Wildman–Crippen LogP) is 1.09. The smallest absolute Gasteiger partial charge is 0.372 e. The van der Waals surface area contributed by atoms with Crippen molar-refractivity contribution in [1.29, 1.82) is 0 Å². The molecule has 0 aliphatic carbocycles. The molecular weight excluding hydrogens is 353 g/mol. The van der Waals surface area contributed by atoms with Gasteiger partial charge < -0.3 is 19.5 Å². The quantitative estimate of drug-likeness (QED) is 0.686. The molecule has 1 aliphatic heterocycles. The first-order chi connectivity index (χ1) is 12.4. The number of ether oxygens (including phenoxy) is 1. The van der Waals surface area contributed by atoms with Crippen molar-refractivity contribution in [3.05, 3.63) is 12.2 Å². The largest absolute Gasteiger partial charge is 0.411 e. The van der Waals surface area contributed by atoms with Crippen molar-refractivity contribution in [2.24, 2.45) is 0 Å². The molecule has 0 atom stereocenters. The normalized spacial score (nSPS) is 16.1. The van der Waals surface area contributed by atoms with Crippen LogP contribution in [0.4, 0.5) is 18.0 Å². The van der Waals surface area contributed by atoms with E-state index in [0.29, 0.717) is 51.5 Å². The maximum atomic E-state index is 12.2. The van der Waals surface area contributed by atoms with Crippen LogP contribution in [0.5, 0.6) is 0 Å². The summed E-state index contributed by atoms with van der Waals surface area (Å²) in [7, 11) is 0. The highest BCUT2D eigenvalue weighted by Gasteiger charge is 2.27. The van der Waals surface area contributed by atoms with Crippen LogP contribution < -0.4 is 5.32 Å². The summed E-state index contributed by atoms with van der Waals surface area (Å²) in [6, 6.07) is -0.149. The first-order valence-electron chi connectivity index (χ1n) is 8.65. The van der Waals surface area contributed by atoms with Crippen LogP contribution in [0, 0.1) is 0 Å². The van der Waals surface area contributed by atoms with Crippen LogP contribution in [0.2, 0.25) is 0 Å². The number of carbonyl (C=O) groups excluding carboxylic acids is 1. The third kappa shape index (κ3) is 6.79. The molecule has 8 nitrogen and oxygen atoms in total. The van der Waals surface area contributed by atoms with Crippen molar-refractivity contribution >= 4 is 6.03 Å². The predicted molar refractivity (Wildman–Crippen MR) is 87.4 cm³/mol. The Kier molecular flexibility index (Phi) is 7.64. The van der Waals surface area contributed by atoms with Crippen LogP contribution in [0.3, 0.4) is 0 Å². The second kappa shape index (κ2) is 9.72. The van der Waals surface area contributed by atoms with Crippen LogP contribution >= 0.6 is 0 Å². The highest BCUT2D eigenvalue weighted by Crippen LogP contribution is 2.14. The van der Waals surface area contributed by atoms with Crippen molar-refractivity contribution in [3.8, 4) is 0 Å². The lowest BCUT2D eigenvalue weighted by molar-refractivity contribution is -0.174. The summed E-state index contributed by atoms with van der Waals surface area (Å²) in [6.45, 7) is 5.12. The van der Waals surface area contributed by atoms with Gasteiger partial charge in [-0.3, -0.25) is 4.90 Å². The molecule has 1 saturated heterocycles. The van der Waals surface area contributed by atoms with Crippen molar-refractivity contribution < 1.29 is 22.7 Å². The summed E-state index contributed by atoms with van der Waals surface area (Å²) in [4.78, 5) is 16.1. The van der Waals surface area contributed by atoms with Crippen molar-refractivity contribution in [3.63, 3.8) is 0 Å². The van der Waals surface area contributed by atoms with Gasteiger partial charge in [0.05, 0.1) is 6.54 Å². The summed E-state index contributed by atoms with van der Waals surface area (Å²) < 4.78 is 42.3. The average Bonchev–Trinajstić information content (AvgIpc) is 3.06. The molecule has 0 radical (unpaired) electrons. The maximum absolute atomic E-state index is 12.2. The monoisotopic (exact) mass is 378 g/mol. The Labute approximate surface area is 150 Å². The number of piperazine rings is 1. The van der Waals surface area contributed by atoms with E-state index in [-0.39, 0.29) is 12.6 Å². The molecule has 11 heteroatoms. The summed E-state index contributed by atoms with van der Waals surface area (Å²) >= 11 is 0. The van der Waals surface area contributed by atoms with Gasteiger partial charge in [-0.05, 0) is 13.3 Å². The van der Waals surface area contributed by atoms with E-state index < -0.39 is 12.8 Å². The van der Waals surface area contributed by atoms with Gasteiger partial charge in [0, 0.05) is 45.9 Å². The van der Waals surface area contributed by atoms with Gasteiger partial charge in [0.15, 0.2) is 5.82 Å². The third-order valence-electron chi connectivity index (χ3n) is 4.12. The van der Waals surface area contributed by atoms with E-state index in [0.717, 1.165) is 6.54 Å². The standard InChI is InChI=1S/C15H25F3N6O2/c1-2-23-12-20-21-13(23)10-19-14(25)24-7-5-22(6-8-24)4-3-9-26-11-15(16,17)18/h12H,2-11H2,1H3,(H,19,25). The highest BCUT2D eigenvalue weighted by atomic mass is 19.4. The Morgan fingerprint density at radius 2 is 2.04 bits per heavy atom. The van der Waals surface area contributed by atoms with Crippen LogP contribution in [-0.2, 0) is 17.8 Å². The highest BCUT2D eigenvalue weighted by molar-refractivity contribution is 5.74. The first-order valence-corrected chi connectivity index (χ1v) is 8.65. The SMILES string of the molecule is CCn1cnnc1CNC(=O)N1CCN(CCCOCC(F)(F)F)CC1. The zero-order valence-corrected chi connectivity index (χ0v) is 14.8. The van der Waals surface area contributed by atoms with Crippen molar-refractivity contribution in [1.82, 2.24) is 29.9 Å². The lowest BCUT2D eigenvalue weighted by Crippen LogP contribution is -2.51. The van der Waals surface area contributed by atoms with Crippen molar-refractivity contribution in [2.45, 2.75) is 32.6 Å². The molecule has 1 aliphatic rings. The van der Waals surface area contributed by atoms with Crippen LogP contribution in [0.1, 0.15) is 19.2 Å². The van der Waals surface area contributed by atoms with E-state index in [2.05, 4.69) is 25.2 Å². The van der Waals surface area contributed by atoms with Gasteiger partial charge >= 0.3 is 12.2 Å². The number of hydrogen-bond acceptors (Lipinski definition) is 5. The fourth-order valence-electron chi connectivity index (χ4n) is 2.70. The summed E-state index contributed by atoms with van der Waals surface area (Å²) in [5, 5.41) is 10.6. The van der Waals surface area contributed by atoms with Gasteiger partial charge in [-0.1, -0.05) is 0 Å². The Morgan fingerprint density at radius 3 is 2.69 bits per heavy atom. The van der Waals surface area contributed by atoms with Crippen LogP contribution in [0.15, 0.2) is 6.33 Å². The van der Waals surface area contributed by atoms with Gasteiger partial charge in [0.2, 0.25) is 0 Å². The number of nitrogens with one attached hydrogen (secondary N) is 1.